The Morgan fingerprint density at radius 1 is 1.13 bits per heavy atom. The molecule has 0 unspecified atom stereocenters. The second kappa shape index (κ2) is 4.60. The van der Waals surface area contributed by atoms with Crippen LogP contribution in [0.4, 0.5) is 5.69 Å². The lowest BCUT2D eigenvalue weighted by Crippen LogP contribution is -2.00. The highest BCUT2D eigenvalue weighted by molar-refractivity contribution is 5.97. The van der Waals surface area contributed by atoms with E-state index in [1.54, 1.807) is 0 Å². The average molecular weight is 198 g/mol. The van der Waals surface area contributed by atoms with Crippen LogP contribution in [0.3, 0.4) is 0 Å². The van der Waals surface area contributed by atoms with Gasteiger partial charge in [0.15, 0.2) is 0 Å². The highest BCUT2D eigenvalue weighted by atomic mass is 15.3. The minimum Gasteiger partial charge on any atom is -0.278 e. The number of anilines is 1. The minimum atomic E-state index is 0.905. The van der Waals surface area contributed by atoms with Crippen molar-refractivity contribution in [2.75, 3.05) is 5.43 Å². The maximum absolute atomic E-state index is 4.32. The molecule has 1 aliphatic carbocycles. The van der Waals surface area contributed by atoms with Crippen molar-refractivity contribution in [3.8, 4) is 0 Å². The third kappa shape index (κ3) is 2.81. The van der Waals surface area contributed by atoms with Crippen molar-refractivity contribution in [3.05, 3.63) is 54.1 Å². The highest BCUT2D eigenvalue weighted by Gasteiger charge is 1.98. The van der Waals surface area contributed by atoms with E-state index in [-0.39, 0.29) is 0 Å². The van der Waals surface area contributed by atoms with Gasteiger partial charge >= 0.3 is 0 Å². The molecule has 0 aromatic heterocycles. The van der Waals surface area contributed by atoms with Gasteiger partial charge in [-0.25, -0.2) is 0 Å². The first-order valence-corrected chi connectivity index (χ1v) is 5.07. The monoisotopic (exact) mass is 198 g/mol. The van der Waals surface area contributed by atoms with E-state index in [2.05, 4.69) is 29.6 Å². The molecule has 2 heteroatoms. The molecule has 1 aromatic rings. The lowest BCUT2D eigenvalue weighted by atomic mass is 10.1. The maximum Gasteiger partial charge on any atom is 0.0645 e. The zero-order chi connectivity index (χ0) is 10.5. The van der Waals surface area contributed by atoms with Crippen molar-refractivity contribution in [3.63, 3.8) is 0 Å². The molecular formula is C13H14N2. The predicted molar refractivity (Wildman–Crippen MR) is 65.0 cm³/mol. The molecule has 0 saturated heterocycles. The summed E-state index contributed by atoms with van der Waals surface area (Å²) in [5.74, 6) is 0. The van der Waals surface area contributed by atoms with Gasteiger partial charge in [-0.1, -0.05) is 35.9 Å². The molecule has 1 N–H and O–H groups in total. The molecule has 2 rings (SSSR count). The largest absolute Gasteiger partial charge is 0.278 e. The summed E-state index contributed by atoms with van der Waals surface area (Å²) in [5.41, 5.74) is 6.41. The van der Waals surface area contributed by atoms with Crippen LogP contribution in [0.5, 0.6) is 0 Å². The Hall–Kier alpha value is -1.83. The van der Waals surface area contributed by atoms with Gasteiger partial charge in [0, 0.05) is 6.42 Å². The second-order valence-electron chi connectivity index (χ2n) is 3.57. The number of benzene rings is 1. The lowest BCUT2D eigenvalue weighted by molar-refractivity contribution is 1.27. The van der Waals surface area contributed by atoms with Crippen molar-refractivity contribution < 1.29 is 0 Å². The third-order valence-corrected chi connectivity index (χ3v) is 2.27. The summed E-state index contributed by atoms with van der Waals surface area (Å²) >= 11 is 0. The summed E-state index contributed by atoms with van der Waals surface area (Å²) in [6, 6.07) is 9.97. The number of hydrazone groups is 1. The molecule has 2 nitrogen and oxygen atoms in total. The second-order valence-corrected chi connectivity index (χ2v) is 3.57. The Balaban J connectivity index is 1.99. The molecule has 0 fully saturated rings. The zero-order valence-electron chi connectivity index (χ0n) is 8.77. The van der Waals surface area contributed by atoms with Crippen LogP contribution in [0.25, 0.3) is 0 Å². The van der Waals surface area contributed by atoms with Crippen LogP contribution in [0.15, 0.2) is 59.2 Å². The fourth-order valence-corrected chi connectivity index (χ4v) is 1.36. The fourth-order valence-electron chi connectivity index (χ4n) is 1.36. The summed E-state index contributed by atoms with van der Waals surface area (Å²) in [6.45, 7) is 2.10. The van der Waals surface area contributed by atoms with Crippen molar-refractivity contribution >= 4 is 11.4 Å². The van der Waals surface area contributed by atoms with Crippen LogP contribution in [0.1, 0.15) is 13.3 Å². The molecule has 0 saturated carbocycles. The van der Waals surface area contributed by atoms with Crippen LogP contribution < -0.4 is 5.43 Å². The smallest absolute Gasteiger partial charge is 0.0645 e. The van der Waals surface area contributed by atoms with E-state index in [4.69, 9.17) is 0 Å². The Kier molecular flexibility index (Phi) is 2.98. The highest BCUT2D eigenvalue weighted by Crippen LogP contribution is 2.09. The van der Waals surface area contributed by atoms with E-state index in [1.807, 2.05) is 36.4 Å². The van der Waals surface area contributed by atoms with Crippen molar-refractivity contribution in [2.24, 2.45) is 5.10 Å². The predicted octanol–water partition coefficient (Wildman–Crippen LogP) is 3.36. The van der Waals surface area contributed by atoms with Crippen molar-refractivity contribution in [1.29, 1.82) is 0 Å². The standard InChI is InChI=1S/C13H14N2/c1-11-7-9-13(10-8-11)15-14-12-5-3-2-4-6-12/h2-9,14H,10H2,1H3/b15-13-. The van der Waals surface area contributed by atoms with Crippen molar-refractivity contribution in [1.82, 2.24) is 0 Å². The quantitative estimate of drug-likeness (QED) is 0.724. The molecule has 0 heterocycles. The van der Waals surface area contributed by atoms with Crippen LogP contribution >= 0.6 is 0 Å². The van der Waals surface area contributed by atoms with Gasteiger partial charge in [0.05, 0.1) is 11.4 Å². The summed E-state index contributed by atoms with van der Waals surface area (Å²) in [5, 5.41) is 4.32. The van der Waals surface area contributed by atoms with Gasteiger partial charge in [0.25, 0.3) is 0 Å². The van der Waals surface area contributed by atoms with Gasteiger partial charge in [-0.05, 0) is 25.1 Å². The van der Waals surface area contributed by atoms with Gasteiger partial charge in [0.1, 0.15) is 0 Å². The number of rotatable bonds is 2. The van der Waals surface area contributed by atoms with Gasteiger partial charge in [-0.15, -0.1) is 0 Å². The molecule has 1 aromatic carbocycles. The molecule has 0 aliphatic heterocycles. The molecule has 15 heavy (non-hydrogen) atoms. The number of nitrogens with one attached hydrogen (secondary N) is 1. The molecule has 0 amide bonds. The summed E-state index contributed by atoms with van der Waals surface area (Å²) in [4.78, 5) is 0. The Morgan fingerprint density at radius 2 is 1.93 bits per heavy atom. The first-order valence-electron chi connectivity index (χ1n) is 5.07. The Labute approximate surface area is 90.0 Å². The molecular weight excluding hydrogens is 184 g/mol. The van der Waals surface area contributed by atoms with Gasteiger partial charge < -0.3 is 0 Å². The van der Waals surface area contributed by atoms with E-state index < -0.39 is 0 Å². The first kappa shape index (κ1) is 9.71. The van der Waals surface area contributed by atoms with E-state index in [0.29, 0.717) is 0 Å². The molecule has 1 aliphatic rings. The SMILES string of the molecule is CC1=CC/C(=N\Nc2ccccc2)C=C1. The maximum atomic E-state index is 4.32. The van der Waals surface area contributed by atoms with E-state index in [9.17, 15) is 0 Å². The van der Waals surface area contributed by atoms with Crippen LogP contribution in [-0.4, -0.2) is 5.71 Å². The van der Waals surface area contributed by atoms with Crippen LogP contribution in [-0.2, 0) is 0 Å². The molecule has 0 spiro atoms. The van der Waals surface area contributed by atoms with Crippen LogP contribution in [0.2, 0.25) is 0 Å². The summed E-state index contributed by atoms with van der Waals surface area (Å²) in [7, 11) is 0. The van der Waals surface area contributed by atoms with E-state index >= 15 is 0 Å². The lowest BCUT2D eigenvalue weighted by Gasteiger charge is -2.05. The molecule has 0 atom stereocenters. The van der Waals surface area contributed by atoms with Crippen LogP contribution in [0, 0.1) is 0 Å². The average Bonchev–Trinajstić information content (AvgIpc) is 2.30. The zero-order valence-corrected chi connectivity index (χ0v) is 8.77. The molecule has 76 valence electrons. The third-order valence-electron chi connectivity index (χ3n) is 2.27. The van der Waals surface area contributed by atoms with E-state index in [1.165, 1.54) is 5.57 Å². The van der Waals surface area contributed by atoms with Gasteiger partial charge in [-0.3, -0.25) is 5.43 Å². The van der Waals surface area contributed by atoms with Gasteiger partial charge in [-0.2, -0.15) is 5.10 Å². The number of hydrogen-bond donors (Lipinski definition) is 1. The summed E-state index contributed by atoms with van der Waals surface area (Å²) < 4.78 is 0. The molecule has 0 bridgehead atoms. The number of allylic oxidation sites excluding steroid dienone is 4. The Bertz CT molecular complexity index is 413. The number of para-hydroxylation sites is 1. The molecule has 0 radical (unpaired) electrons. The topological polar surface area (TPSA) is 24.4 Å². The van der Waals surface area contributed by atoms with E-state index in [0.717, 1.165) is 17.8 Å². The fraction of sp³-hybridized carbons (Fsp3) is 0.154. The Morgan fingerprint density at radius 3 is 2.60 bits per heavy atom. The van der Waals surface area contributed by atoms with Gasteiger partial charge in [0.2, 0.25) is 0 Å². The first-order chi connectivity index (χ1) is 7.34. The minimum absolute atomic E-state index is 0.905. The number of nitrogens with zero attached hydrogens (tertiary/aromatic N) is 1. The van der Waals surface area contributed by atoms with Crippen molar-refractivity contribution in [2.45, 2.75) is 13.3 Å². The normalized spacial score (nSPS) is 17.7. The summed E-state index contributed by atoms with van der Waals surface area (Å²) in [6.07, 6.45) is 7.20. The number of hydrogen-bond acceptors (Lipinski definition) is 2.